The van der Waals surface area contributed by atoms with Crippen LogP contribution in [0.4, 0.5) is 26.3 Å². The van der Waals surface area contributed by atoms with Gasteiger partial charge in [0.2, 0.25) is 0 Å². The highest BCUT2D eigenvalue weighted by Gasteiger charge is 2.61. The topological polar surface area (TPSA) is 17.1 Å². The van der Waals surface area contributed by atoms with Gasteiger partial charge in [-0.15, -0.1) is 11.8 Å². The van der Waals surface area contributed by atoms with E-state index in [0.29, 0.717) is 35.1 Å². The number of fused-ring (bicyclic) bond motifs is 4. The second-order valence-corrected chi connectivity index (χ2v) is 10.5. The van der Waals surface area contributed by atoms with Crippen LogP contribution in [0.15, 0.2) is 58.3 Å². The molecule has 0 amide bonds. The minimum Gasteiger partial charge on any atom is -0.284 e. The van der Waals surface area contributed by atoms with E-state index in [2.05, 4.69) is 0 Å². The maximum absolute atomic E-state index is 15.1. The van der Waals surface area contributed by atoms with E-state index >= 15 is 13.2 Å². The van der Waals surface area contributed by atoms with Crippen LogP contribution in [-0.2, 0) is 4.75 Å². The molecule has 3 aromatic rings. The van der Waals surface area contributed by atoms with Gasteiger partial charge in [0.05, 0.1) is 0 Å². The van der Waals surface area contributed by atoms with Crippen LogP contribution in [0.2, 0.25) is 0 Å². The molecule has 1 aliphatic heterocycles. The van der Waals surface area contributed by atoms with Gasteiger partial charge in [-0.2, -0.15) is 26.3 Å². The first-order valence-corrected chi connectivity index (χ1v) is 12.4. The van der Waals surface area contributed by atoms with Crippen molar-refractivity contribution in [1.29, 1.82) is 0 Å². The van der Waals surface area contributed by atoms with E-state index < -0.39 is 28.4 Å². The van der Waals surface area contributed by atoms with Crippen LogP contribution in [0.3, 0.4) is 0 Å². The number of rotatable bonds is 5. The Morgan fingerprint density at radius 1 is 0.971 bits per heavy atom. The van der Waals surface area contributed by atoms with Crippen molar-refractivity contribution in [1.82, 2.24) is 0 Å². The fourth-order valence-electron chi connectivity index (χ4n) is 4.24. The number of unbranched alkanes of at least 4 members (excludes halogenated alkanes) is 1. The van der Waals surface area contributed by atoms with E-state index in [9.17, 15) is 18.0 Å². The molecule has 0 fully saturated rings. The minimum absolute atomic E-state index is 0.000656. The summed E-state index contributed by atoms with van der Waals surface area (Å²) in [7, 11) is 0. The van der Waals surface area contributed by atoms with Crippen LogP contribution in [0, 0.1) is 6.92 Å². The van der Waals surface area contributed by atoms with Crippen LogP contribution in [-0.4, -0.2) is 23.9 Å². The third-order valence-corrected chi connectivity index (χ3v) is 8.64. The van der Waals surface area contributed by atoms with Crippen molar-refractivity contribution in [2.75, 3.05) is 5.75 Å². The number of benzene rings is 3. The number of aryl methyl sites for hydroxylation is 1. The standard InChI is InChI=1S/C25H20F6OS2/c1-3-4-11-33-23(25(29,30)31)18-12-14(2)9-10-20(18)34-21-16-8-6-5-7-15(16)17(13-19(21)23)22(32)24(26,27)28/h5-10,12-13H,3-4,11H2,1-2H3. The van der Waals surface area contributed by atoms with Gasteiger partial charge < -0.3 is 0 Å². The number of halogens is 6. The van der Waals surface area contributed by atoms with E-state index in [4.69, 9.17) is 0 Å². The molecule has 0 radical (unpaired) electrons. The van der Waals surface area contributed by atoms with Crippen LogP contribution < -0.4 is 0 Å². The number of thioether (sulfide) groups is 1. The molecule has 34 heavy (non-hydrogen) atoms. The van der Waals surface area contributed by atoms with E-state index in [-0.39, 0.29) is 32.5 Å². The highest BCUT2D eigenvalue weighted by atomic mass is 32.2. The predicted octanol–water partition coefficient (Wildman–Crippen LogP) is 8.70. The molecule has 0 saturated heterocycles. The fourth-order valence-corrected chi connectivity index (χ4v) is 7.20. The summed E-state index contributed by atoms with van der Waals surface area (Å²) in [4.78, 5) is 13.0. The molecule has 0 bridgehead atoms. The Hall–Kier alpha value is -2.13. The number of carbonyl (C=O) groups is 1. The Kier molecular flexibility index (Phi) is 6.48. The first-order valence-electron chi connectivity index (χ1n) is 10.6. The highest BCUT2D eigenvalue weighted by Crippen LogP contribution is 2.63. The van der Waals surface area contributed by atoms with E-state index in [1.807, 2.05) is 6.92 Å². The number of Topliss-reactive ketones (excluding diaryl/α,β-unsaturated/α-hetero) is 1. The Bertz CT molecular complexity index is 1260. The zero-order valence-electron chi connectivity index (χ0n) is 18.2. The van der Waals surface area contributed by atoms with E-state index in [0.717, 1.165) is 17.8 Å². The predicted molar refractivity (Wildman–Crippen MR) is 124 cm³/mol. The lowest BCUT2D eigenvalue weighted by molar-refractivity contribution is -0.153. The van der Waals surface area contributed by atoms with Crippen molar-refractivity contribution in [2.45, 2.75) is 53.6 Å². The average molecular weight is 515 g/mol. The Balaban J connectivity index is 2.14. The van der Waals surface area contributed by atoms with Gasteiger partial charge in [-0.3, -0.25) is 4.79 Å². The lowest BCUT2D eigenvalue weighted by Crippen LogP contribution is -2.43. The highest BCUT2D eigenvalue weighted by molar-refractivity contribution is 8.01. The second-order valence-electron chi connectivity index (χ2n) is 8.16. The Labute approximate surface area is 201 Å². The van der Waals surface area contributed by atoms with Crippen molar-refractivity contribution in [3.8, 4) is 0 Å². The summed E-state index contributed by atoms with van der Waals surface area (Å²) < 4.78 is 83.3. The molecule has 1 unspecified atom stereocenters. The van der Waals surface area contributed by atoms with Gasteiger partial charge in [-0.25, -0.2) is 0 Å². The van der Waals surface area contributed by atoms with Gasteiger partial charge in [-0.1, -0.05) is 67.1 Å². The lowest BCUT2D eigenvalue weighted by atomic mass is 9.84. The molecule has 0 saturated carbocycles. The molecule has 1 aliphatic rings. The van der Waals surface area contributed by atoms with Gasteiger partial charge in [-0.05, 0) is 53.1 Å². The molecule has 0 N–H and O–H groups in total. The van der Waals surface area contributed by atoms with Crippen molar-refractivity contribution in [2.24, 2.45) is 0 Å². The molecular weight excluding hydrogens is 494 g/mol. The first-order chi connectivity index (χ1) is 15.9. The summed E-state index contributed by atoms with van der Waals surface area (Å²) in [6.45, 7) is 3.54. The summed E-state index contributed by atoms with van der Waals surface area (Å²) in [5, 5.41) is 0.190. The molecule has 9 heteroatoms. The van der Waals surface area contributed by atoms with E-state index in [1.54, 1.807) is 25.1 Å². The van der Waals surface area contributed by atoms with Gasteiger partial charge >= 0.3 is 12.4 Å². The van der Waals surface area contributed by atoms with Crippen molar-refractivity contribution in [3.05, 3.63) is 70.8 Å². The normalized spacial score (nSPS) is 18.0. The molecule has 3 aromatic carbocycles. The largest absolute Gasteiger partial charge is 0.454 e. The molecular formula is C25H20F6OS2. The van der Waals surface area contributed by atoms with Crippen LogP contribution >= 0.6 is 23.5 Å². The van der Waals surface area contributed by atoms with Gasteiger partial charge in [0.1, 0.15) is 0 Å². The molecule has 0 aromatic heterocycles. The SMILES string of the molecule is CCCCSC1(C(F)(F)F)c2cc(C)ccc2Sc2c1cc(C(=O)C(F)(F)F)c1ccccc21. The zero-order valence-corrected chi connectivity index (χ0v) is 19.9. The summed E-state index contributed by atoms with van der Waals surface area (Å²) in [6.07, 6.45) is -8.87. The van der Waals surface area contributed by atoms with Gasteiger partial charge in [0.15, 0.2) is 4.75 Å². The second kappa shape index (κ2) is 8.82. The molecule has 0 spiro atoms. The maximum atomic E-state index is 15.1. The quantitative estimate of drug-likeness (QED) is 0.193. The maximum Gasteiger partial charge on any atom is 0.454 e. The number of ketones is 1. The minimum atomic E-state index is -5.22. The zero-order chi connectivity index (χ0) is 24.9. The molecule has 0 aliphatic carbocycles. The lowest BCUT2D eigenvalue weighted by Gasteiger charge is -2.42. The smallest absolute Gasteiger partial charge is 0.284 e. The first kappa shape index (κ1) is 25.0. The number of alkyl halides is 6. The monoisotopic (exact) mass is 514 g/mol. The van der Waals surface area contributed by atoms with Gasteiger partial charge in [0.25, 0.3) is 5.78 Å². The number of hydrogen-bond acceptors (Lipinski definition) is 3. The summed E-state index contributed by atoms with van der Waals surface area (Å²) in [5.41, 5.74) is -0.460. The molecule has 180 valence electrons. The molecule has 1 heterocycles. The number of carbonyl (C=O) groups excluding carboxylic acids is 1. The van der Waals surface area contributed by atoms with Crippen molar-refractivity contribution < 1.29 is 31.1 Å². The third-order valence-electron chi connectivity index (χ3n) is 5.82. The Morgan fingerprint density at radius 2 is 1.65 bits per heavy atom. The van der Waals surface area contributed by atoms with Crippen molar-refractivity contribution in [3.63, 3.8) is 0 Å². The van der Waals surface area contributed by atoms with Crippen molar-refractivity contribution >= 4 is 40.1 Å². The third kappa shape index (κ3) is 4.00. The van der Waals surface area contributed by atoms with Crippen LogP contribution in [0.1, 0.15) is 46.8 Å². The van der Waals surface area contributed by atoms with Crippen LogP contribution in [0.5, 0.6) is 0 Å². The average Bonchev–Trinajstić information content (AvgIpc) is 2.76. The number of hydrogen-bond donors (Lipinski definition) is 0. The van der Waals surface area contributed by atoms with Crippen LogP contribution in [0.25, 0.3) is 10.8 Å². The molecule has 1 atom stereocenters. The summed E-state index contributed by atoms with van der Waals surface area (Å²) >= 11 is 1.78. The molecule has 1 nitrogen and oxygen atoms in total. The van der Waals surface area contributed by atoms with Gasteiger partial charge in [0, 0.05) is 15.4 Å². The Morgan fingerprint density at radius 3 is 2.26 bits per heavy atom. The summed E-state index contributed by atoms with van der Waals surface area (Å²) in [6, 6.07) is 11.5. The summed E-state index contributed by atoms with van der Waals surface area (Å²) in [5.74, 6) is -2.00. The molecule has 4 rings (SSSR count). The fraction of sp³-hybridized carbons (Fsp3) is 0.320. The van der Waals surface area contributed by atoms with E-state index in [1.165, 1.54) is 24.3 Å².